The fourth-order valence-electron chi connectivity index (χ4n) is 3.01. The molecule has 0 unspecified atom stereocenters. The predicted molar refractivity (Wildman–Crippen MR) is 88.4 cm³/mol. The second kappa shape index (κ2) is 6.59. The molecule has 0 saturated heterocycles. The Hall–Kier alpha value is -2.07. The normalized spacial score (nSPS) is 17.5. The molecule has 0 aromatic heterocycles. The van der Waals surface area contributed by atoms with Crippen molar-refractivity contribution in [3.05, 3.63) is 58.9 Å². The van der Waals surface area contributed by atoms with Crippen LogP contribution in [0.1, 0.15) is 36.6 Å². The number of benzene rings is 2. The van der Waals surface area contributed by atoms with Crippen LogP contribution >= 0.6 is 0 Å². The van der Waals surface area contributed by atoms with Crippen LogP contribution in [0.4, 0.5) is 4.39 Å². The lowest BCUT2D eigenvalue weighted by Crippen LogP contribution is -2.19. The number of fused-ring (bicyclic) bond motifs is 1. The van der Waals surface area contributed by atoms with E-state index in [4.69, 9.17) is 9.47 Å². The van der Waals surface area contributed by atoms with Crippen molar-refractivity contribution in [3.8, 4) is 11.5 Å². The van der Waals surface area contributed by atoms with Crippen molar-refractivity contribution in [2.75, 3.05) is 7.11 Å². The summed E-state index contributed by atoms with van der Waals surface area (Å²) in [7, 11) is 1.67. The first-order valence-electron chi connectivity index (χ1n) is 7.92. The first-order chi connectivity index (χ1) is 11.1. The molecule has 0 aliphatic carbocycles. The first-order valence-corrected chi connectivity index (χ1v) is 7.92. The third-order valence-corrected chi connectivity index (χ3v) is 4.27. The Labute approximate surface area is 136 Å². The highest BCUT2D eigenvalue weighted by atomic mass is 19.1. The molecule has 1 aliphatic heterocycles. The summed E-state index contributed by atoms with van der Waals surface area (Å²) in [6.07, 6.45) is 1.11. The molecule has 0 saturated carbocycles. The molecule has 0 radical (unpaired) electrons. The zero-order chi connectivity index (χ0) is 16.4. The van der Waals surface area contributed by atoms with Crippen LogP contribution in [-0.4, -0.2) is 13.2 Å². The maximum Gasteiger partial charge on any atom is 0.127 e. The molecule has 0 fully saturated rings. The van der Waals surface area contributed by atoms with E-state index in [0.29, 0.717) is 12.1 Å². The molecular weight excluding hydrogens is 293 g/mol. The number of hydrogen-bond acceptors (Lipinski definition) is 3. The summed E-state index contributed by atoms with van der Waals surface area (Å²) in [6.45, 7) is 4.60. The number of rotatable bonds is 5. The van der Waals surface area contributed by atoms with E-state index in [1.165, 1.54) is 11.6 Å². The van der Waals surface area contributed by atoms with Crippen LogP contribution in [0.2, 0.25) is 0 Å². The van der Waals surface area contributed by atoms with Gasteiger partial charge in [-0.3, -0.25) is 0 Å². The summed E-state index contributed by atoms with van der Waals surface area (Å²) in [6, 6.07) is 10.8. The van der Waals surface area contributed by atoms with E-state index in [9.17, 15) is 4.39 Å². The molecule has 0 bridgehead atoms. The SMILES string of the molecule is COc1cc2c(cc1CN[C@@H](C)c1ccccc1F)O[C@H](C)C2. The van der Waals surface area contributed by atoms with E-state index < -0.39 is 0 Å². The van der Waals surface area contributed by atoms with E-state index in [0.717, 1.165) is 23.5 Å². The van der Waals surface area contributed by atoms with Gasteiger partial charge in [0.1, 0.15) is 23.4 Å². The van der Waals surface area contributed by atoms with Gasteiger partial charge in [-0.25, -0.2) is 4.39 Å². The maximum atomic E-state index is 13.8. The zero-order valence-corrected chi connectivity index (χ0v) is 13.7. The maximum absolute atomic E-state index is 13.8. The molecule has 122 valence electrons. The van der Waals surface area contributed by atoms with Crippen molar-refractivity contribution in [2.45, 2.75) is 39.0 Å². The fourth-order valence-corrected chi connectivity index (χ4v) is 3.01. The van der Waals surface area contributed by atoms with Gasteiger partial charge in [0.15, 0.2) is 0 Å². The Morgan fingerprint density at radius 1 is 1.35 bits per heavy atom. The van der Waals surface area contributed by atoms with Crippen molar-refractivity contribution in [2.24, 2.45) is 0 Å². The largest absolute Gasteiger partial charge is 0.496 e. The zero-order valence-electron chi connectivity index (χ0n) is 13.7. The number of hydrogen-bond donors (Lipinski definition) is 1. The summed E-state index contributed by atoms with van der Waals surface area (Å²) < 4.78 is 25.2. The van der Waals surface area contributed by atoms with Crippen molar-refractivity contribution in [1.29, 1.82) is 0 Å². The first kappa shape index (κ1) is 15.8. The molecule has 23 heavy (non-hydrogen) atoms. The molecule has 1 N–H and O–H groups in total. The molecule has 2 aromatic rings. The van der Waals surface area contributed by atoms with Crippen molar-refractivity contribution >= 4 is 0 Å². The molecule has 1 heterocycles. The summed E-state index contributed by atoms with van der Waals surface area (Å²) in [5.74, 6) is 1.58. The minimum atomic E-state index is -0.189. The molecular formula is C19H22FNO2. The Morgan fingerprint density at radius 3 is 2.87 bits per heavy atom. The van der Waals surface area contributed by atoms with Crippen LogP contribution in [-0.2, 0) is 13.0 Å². The molecule has 0 amide bonds. The van der Waals surface area contributed by atoms with Gasteiger partial charge in [-0.15, -0.1) is 0 Å². The number of methoxy groups -OCH3 is 1. The number of nitrogens with one attached hydrogen (secondary N) is 1. The quantitative estimate of drug-likeness (QED) is 0.904. The van der Waals surface area contributed by atoms with Gasteiger partial charge in [0.2, 0.25) is 0 Å². The molecule has 3 rings (SSSR count). The fraction of sp³-hybridized carbons (Fsp3) is 0.368. The smallest absolute Gasteiger partial charge is 0.127 e. The monoisotopic (exact) mass is 315 g/mol. The molecule has 1 aliphatic rings. The van der Waals surface area contributed by atoms with E-state index in [-0.39, 0.29) is 18.0 Å². The number of halogens is 1. The molecule has 2 atom stereocenters. The van der Waals surface area contributed by atoms with Gasteiger partial charge in [0.25, 0.3) is 0 Å². The van der Waals surface area contributed by atoms with E-state index in [2.05, 4.69) is 12.2 Å². The molecule has 0 spiro atoms. The Bertz CT molecular complexity index is 702. The van der Waals surface area contributed by atoms with Crippen LogP contribution in [0.3, 0.4) is 0 Å². The van der Waals surface area contributed by atoms with Crippen LogP contribution in [0.25, 0.3) is 0 Å². The van der Waals surface area contributed by atoms with Crippen LogP contribution < -0.4 is 14.8 Å². The van der Waals surface area contributed by atoms with E-state index >= 15 is 0 Å². The topological polar surface area (TPSA) is 30.5 Å². The average molecular weight is 315 g/mol. The second-order valence-corrected chi connectivity index (χ2v) is 6.03. The standard InChI is InChI=1S/C19H22FNO2/c1-12-8-14-9-18(22-3)15(10-19(14)23-12)11-21-13(2)16-6-4-5-7-17(16)20/h4-7,9-10,12-13,21H,8,11H2,1-3H3/t12-,13+/m1/s1. The lowest BCUT2D eigenvalue weighted by molar-refractivity contribution is 0.254. The average Bonchev–Trinajstić information content (AvgIpc) is 2.90. The Kier molecular flexibility index (Phi) is 4.53. The van der Waals surface area contributed by atoms with Crippen LogP contribution in [0.15, 0.2) is 36.4 Å². The van der Waals surface area contributed by atoms with Gasteiger partial charge in [-0.1, -0.05) is 18.2 Å². The minimum Gasteiger partial charge on any atom is -0.496 e. The second-order valence-electron chi connectivity index (χ2n) is 6.03. The number of ether oxygens (including phenoxy) is 2. The van der Waals surface area contributed by atoms with Gasteiger partial charge in [-0.2, -0.15) is 0 Å². The minimum absolute atomic E-state index is 0.0889. The molecule has 3 nitrogen and oxygen atoms in total. The summed E-state index contributed by atoms with van der Waals surface area (Å²) in [4.78, 5) is 0. The van der Waals surface area contributed by atoms with Crippen molar-refractivity contribution in [3.63, 3.8) is 0 Å². The van der Waals surface area contributed by atoms with Gasteiger partial charge in [0, 0.05) is 35.7 Å². The summed E-state index contributed by atoms with van der Waals surface area (Å²) >= 11 is 0. The Balaban J connectivity index is 1.76. The van der Waals surface area contributed by atoms with Crippen molar-refractivity contribution in [1.82, 2.24) is 5.32 Å². The molecule has 2 aromatic carbocycles. The predicted octanol–water partition coefficient (Wildman–Crippen LogP) is 4.01. The van der Waals surface area contributed by atoms with Crippen molar-refractivity contribution < 1.29 is 13.9 Å². The van der Waals surface area contributed by atoms with Gasteiger partial charge < -0.3 is 14.8 Å². The van der Waals surface area contributed by atoms with Gasteiger partial charge in [0.05, 0.1) is 7.11 Å². The highest BCUT2D eigenvalue weighted by Crippen LogP contribution is 2.35. The highest BCUT2D eigenvalue weighted by molar-refractivity contribution is 5.48. The third kappa shape index (κ3) is 3.32. The van der Waals surface area contributed by atoms with Gasteiger partial charge >= 0.3 is 0 Å². The van der Waals surface area contributed by atoms with E-state index in [1.807, 2.05) is 25.1 Å². The molecule has 4 heteroatoms. The summed E-state index contributed by atoms with van der Waals surface area (Å²) in [5, 5.41) is 3.36. The lowest BCUT2D eigenvalue weighted by atomic mass is 10.0. The third-order valence-electron chi connectivity index (χ3n) is 4.27. The highest BCUT2D eigenvalue weighted by Gasteiger charge is 2.22. The summed E-state index contributed by atoms with van der Waals surface area (Å²) in [5.41, 5.74) is 2.86. The van der Waals surface area contributed by atoms with Crippen LogP contribution in [0.5, 0.6) is 11.5 Å². The van der Waals surface area contributed by atoms with Gasteiger partial charge in [-0.05, 0) is 32.0 Å². The van der Waals surface area contributed by atoms with E-state index in [1.54, 1.807) is 19.2 Å². The lowest BCUT2D eigenvalue weighted by Gasteiger charge is -2.17. The van der Waals surface area contributed by atoms with Crippen LogP contribution in [0, 0.1) is 5.82 Å². The Morgan fingerprint density at radius 2 is 2.13 bits per heavy atom.